The number of piperazine rings is 1. The Bertz CT molecular complexity index is 433. The lowest BCUT2D eigenvalue weighted by molar-refractivity contribution is 0.0739. The second-order valence-electron chi connectivity index (χ2n) is 4.76. The first-order valence-corrected chi connectivity index (χ1v) is 7.04. The first-order valence-electron chi connectivity index (χ1n) is 6.23. The van der Waals surface area contributed by atoms with Crippen molar-refractivity contribution in [1.82, 2.24) is 15.2 Å². The van der Waals surface area contributed by atoms with Gasteiger partial charge in [-0.1, -0.05) is 0 Å². The Morgan fingerprint density at radius 3 is 2.76 bits per heavy atom. The smallest absolute Gasteiger partial charge is 0.265 e. The molecule has 0 atom stereocenters. The van der Waals surface area contributed by atoms with E-state index in [2.05, 4.69) is 10.3 Å². The highest BCUT2D eigenvalue weighted by Crippen LogP contribution is 2.42. The fourth-order valence-electron chi connectivity index (χ4n) is 2.24. The number of carbonyl (C=O) groups excluding carboxylic acids is 1. The summed E-state index contributed by atoms with van der Waals surface area (Å²) in [4.78, 5) is 19.8. The Morgan fingerprint density at radius 2 is 2.12 bits per heavy atom. The SMILES string of the molecule is Cc1nc(C2CC2)c(C(=O)N2CCNCC2)s1. The highest BCUT2D eigenvalue weighted by Gasteiger charge is 2.33. The molecule has 2 fully saturated rings. The monoisotopic (exact) mass is 251 g/mol. The van der Waals surface area contributed by atoms with Crippen molar-refractivity contribution in [2.45, 2.75) is 25.7 Å². The first-order chi connectivity index (χ1) is 8.25. The third-order valence-corrected chi connectivity index (χ3v) is 4.30. The summed E-state index contributed by atoms with van der Waals surface area (Å²) in [6.07, 6.45) is 2.40. The maximum Gasteiger partial charge on any atom is 0.265 e. The maximum absolute atomic E-state index is 12.4. The Morgan fingerprint density at radius 1 is 1.41 bits per heavy atom. The van der Waals surface area contributed by atoms with Crippen LogP contribution in [0.25, 0.3) is 0 Å². The van der Waals surface area contributed by atoms with Crippen LogP contribution in [0.3, 0.4) is 0 Å². The normalized spacial score (nSPS) is 20.6. The summed E-state index contributed by atoms with van der Waals surface area (Å²) in [6.45, 7) is 5.44. The van der Waals surface area contributed by atoms with Gasteiger partial charge >= 0.3 is 0 Å². The summed E-state index contributed by atoms with van der Waals surface area (Å²) in [7, 11) is 0. The predicted octanol–water partition coefficient (Wildman–Crippen LogP) is 1.37. The second kappa shape index (κ2) is 4.38. The molecule has 4 nitrogen and oxygen atoms in total. The van der Waals surface area contributed by atoms with Gasteiger partial charge in [0.1, 0.15) is 4.88 Å². The molecule has 17 heavy (non-hydrogen) atoms. The number of amides is 1. The number of hydrogen-bond donors (Lipinski definition) is 1. The van der Waals surface area contributed by atoms with Gasteiger partial charge in [-0.25, -0.2) is 4.98 Å². The summed E-state index contributed by atoms with van der Waals surface area (Å²) in [5.41, 5.74) is 1.07. The number of nitrogens with one attached hydrogen (secondary N) is 1. The van der Waals surface area contributed by atoms with Gasteiger partial charge in [-0.15, -0.1) is 11.3 Å². The van der Waals surface area contributed by atoms with Crippen LogP contribution in [0.2, 0.25) is 0 Å². The minimum absolute atomic E-state index is 0.194. The summed E-state index contributed by atoms with van der Waals surface area (Å²) in [6, 6.07) is 0. The van der Waals surface area contributed by atoms with E-state index in [0.29, 0.717) is 5.92 Å². The largest absolute Gasteiger partial charge is 0.335 e. The van der Waals surface area contributed by atoms with Crippen LogP contribution < -0.4 is 5.32 Å². The lowest BCUT2D eigenvalue weighted by Gasteiger charge is -2.27. The van der Waals surface area contributed by atoms with Gasteiger partial charge in [0.05, 0.1) is 10.7 Å². The molecule has 0 aromatic carbocycles. The molecule has 0 radical (unpaired) electrons. The van der Waals surface area contributed by atoms with Crippen molar-refractivity contribution < 1.29 is 4.79 Å². The van der Waals surface area contributed by atoms with Gasteiger partial charge in [0.25, 0.3) is 5.91 Å². The lowest BCUT2D eigenvalue weighted by Crippen LogP contribution is -2.46. The van der Waals surface area contributed by atoms with Crippen molar-refractivity contribution in [1.29, 1.82) is 0 Å². The third kappa shape index (κ3) is 2.21. The molecule has 1 aliphatic carbocycles. The molecule has 0 spiro atoms. The Balaban J connectivity index is 1.84. The fourth-order valence-corrected chi connectivity index (χ4v) is 3.21. The van der Waals surface area contributed by atoms with Gasteiger partial charge in [-0.2, -0.15) is 0 Å². The molecule has 1 saturated carbocycles. The van der Waals surface area contributed by atoms with Crippen LogP contribution >= 0.6 is 11.3 Å². The van der Waals surface area contributed by atoms with Crippen molar-refractivity contribution in [2.24, 2.45) is 0 Å². The number of hydrogen-bond acceptors (Lipinski definition) is 4. The van der Waals surface area contributed by atoms with Gasteiger partial charge < -0.3 is 10.2 Å². The zero-order valence-corrected chi connectivity index (χ0v) is 10.8. The zero-order valence-electron chi connectivity index (χ0n) is 10.0. The standard InChI is InChI=1S/C12H17N3OS/c1-8-14-10(9-2-3-9)11(17-8)12(16)15-6-4-13-5-7-15/h9,13H,2-7H2,1H3. The first kappa shape index (κ1) is 11.2. The van der Waals surface area contributed by atoms with E-state index in [9.17, 15) is 4.79 Å². The van der Waals surface area contributed by atoms with Gasteiger partial charge in [-0.05, 0) is 19.8 Å². The highest BCUT2D eigenvalue weighted by molar-refractivity contribution is 7.13. The van der Waals surface area contributed by atoms with E-state index in [1.807, 2.05) is 11.8 Å². The highest BCUT2D eigenvalue weighted by atomic mass is 32.1. The van der Waals surface area contributed by atoms with Crippen LogP contribution in [0.15, 0.2) is 0 Å². The lowest BCUT2D eigenvalue weighted by atomic mass is 10.2. The number of nitrogens with zero attached hydrogens (tertiary/aromatic N) is 2. The van der Waals surface area contributed by atoms with Crippen molar-refractivity contribution >= 4 is 17.2 Å². The number of aromatic nitrogens is 1. The van der Waals surface area contributed by atoms with Crippen molar-refractivity contribution in [2.75, 3.05) is 26.2 Å². The van der Waals surface area contributed by atoms with Gasteiger partial charge in [0.2, 0.25) is 0 Å². The van der Waals surface area contributed by atoms with Gasteiger partial charge in [0.15, 0.2) is 0 Å². The molecule has 2 aliphatic rings. The molecule has 2 heterocycles. The molecular formula is C12H17N3OS. The summed E-state index contributed by atoms with van der Waals surface area (Å²) >= 11 is 1.56. The van der Waals surface area contributed by atoms with Crippen LogP contribution in [0.1, 0.15) is 39.1 Å². The van der Waals surface area contributed by atoms with E-state index in [-0.39, 0.29) is 5.91 Å². The molecule has 3 rings (SSSR count). The fraction of sp³-hybridized carbons (Fsp3) is 0.667. The van der Waals surface area contributed by atoms with E-state index in [4.69, 9.17) is 0 Å². The van der Waals surface area contributed by atoms with Crippen molar-refractivity contribution in [3.05, 3.63) is 15.6 Å². The average Bonchev–Trinajstić information content (AvgIpc) is 3.13. The van der Waals surface area contributed by atoms with E-state index in [1.54, 1.807) is 11.3 Å². The van der Waals surface area contributed by atoms with Gasteiger partial charge in [0, 0.05) is 32.1 Å². The topological polar surface area (TPSA) is 45.2 Å². The number of carbonyl (C=O) groups is 1. The van der Waals surface area contributed by atoms with Crippen LogP contribution in [0.5, 0.6) is 0 Å². The minimum atomic E-state index is 0.194. The summed E-state index contributed by atoms with van der Waals surface area (Å²) in [5, 5.41) is 4.29. The third-order valence-electron chi connectivity index (χ3n) is 3.32. The molecule has 5 heteroatoms. The average molecular weight is 251 g/mol. The second-order valence-corrected chi connectivity index (χ2v) is 5.97. The molecule has 1 aromatic rings. The number of aryl methyl sites for hydroxylation is 1. The number of thiazole rings is 1. The molecule has 1 saturated heterocycles. The van der Waals surface area contributed by atoms with Crippen LogP contribution in [0, 0.1) is 6.92 Å². The Kier molecular flexibility index (Phi) is 2.88. The summed E-state index contributed by atoms with van der Waals surface area (Å²) < 4.78 is 0. The molecule has 1 amide bonds. The Labute approximate surface area is 105 Å². The van der Waals surface area contributed by atoms with Crippen LogP contribution in [-0.4, -0.2) is 42.0 Å². The van der Waals surface area contributed by atoms with Crippen molar-refractivity contribution in [3.8, 4) is 0 Å². The molecule has 92 valence electrons. The Hall–Kier alpha value is -0.940. The van der Waals surface area contributed by atoms with E-state index in [0.717, 1.165) is 41.8 Å². The van der Waals surface area contributed by atoms with Crippen molar-refractivity contribution in [3.63, 3.8) is 0 Å². The number of rotatable bonds is 2. The molecule has 0 unspecified atom stereocenters. The van der Waals surface area contributed by atoms with Crippen LogP contribution in [-0.2, 0) is 0 Å². The van der Waals surface area contributed by atoms with Gasteiger partial charge in [-0.3, -0.25) is 4.79 Å². The van der Waals surface area contributed by atoms with E-state index < -0.39 is 0 Å². The van der Waals surface area contributed by atoms with E-state index in [1.165, 1.54) is 12.8 Å². The van der Waals surface area contributed by atoms with E-state index >= 15 is 0 Å². The zero-order chi connectivity index (χ0) is 11.8. The minimum Gasteiger partial charge on any atom is -0.335 e. The molecule has 1 aliphatic heterocycles. The molecular weight excluding hydrogens is 234 g/mol. The van der Waals surface area contributed by atoms with Crippen LogP contribution in [0.4, 0.5) is 0 Å². The molecule has 1 aromatic heterocycles. The quantitative estimate of drug-likeness (QED) is 0.863. The molecule has 0 bridgehead atoms. The predicted molar refractivity (Wildman–Crippen MR) is 67.6 cm³/mol. The summed E-state index contributed by atoms with van der Waals surface area (Å²) in [5.74, 6) is 0.751. The molecule has 1 N–H and O–H groups in total. The maximum atomic E-state index is 12.4.